The number of esters is 1. The molecule has 0 fully saturated rings. The number of hydrogen-bond acceptors (Lipinski definition) is 4. The number of carbonyl (C=O) groups excluding carboxylic acids is 1. The molecule has 2 aromatic carbocycles. The molecular weight excluding hydrogens is 378 g/mol. The standard InChI is InChI=1S/C25H31NO4/c1-17(2)25(3,4)24(28)30-16-20(27)15-29-21-12-11-19-13-22(26(5)23(19)14-21)18-9-7-6-8-10-18/h6-14,17,20,27H,15-16H2,1-5H3. The first kappa shape index (κ1) is 21.9. The molecule has 5 nitrogen and oxygen atoms in total. The number of aliphatic hydroxyl groups excluding tert-OH is 1. The van der Waals surface area contributed by atoms with Gasteiger partial charge in [-0.3, -0.25) is 4.79 Å². The molecule has 0 amide bonds. The number of aromatic nitrogens is 1. The Labute approximate surface area is 178 Å². The number of hydrogen-bond donors (Lipinski definition) is 1. The number of fused-ring (bicyclic) bond motifs is 1. The summed E-state index contributed by atoms with van der Waals surface area (Å²) in [6.45, 7) is 7.62. The van der Waals surface area contributed by atoms with E-state index in [4.69, 9.17) is 9.47 Å². The van der Waals surface area contributed by atoms with Crippen LogP contribution in [-0.4, -0.2) is 35.0 Å². The fourth-order valence-corrected chi connectivity index (χ4v) is 3.12. The number of aryl methyl sites for hydroxylation is 1. The van der Waals surface area contributed by atoms with Gasteiger partial charge in [-0.1, -0.05) is 44.2 Å². The molecular formula is C25H31NO4. The predicted octanol–water partition coefficient (Wildman–Crippen LogP) is 4.81. The Morgan fingerprint density at radius 1 is 1.07 bits per heavy atom. The van der Waals surface area contributed by atoms with Crippen LogP contribution in [0.2, 0.25) is 0 Å². The molecule has 0 aliphatic carbocycles. The van der Waals surface area contributed by atoms with Crippen molar-refractivity contribution >= 4 is 16.9 Å². The lowest BCUT2D eigenvalue weighted by atomic mass is 9.81. The van der Waals surface area contributed by atoms with Gasteiger partial charge in [-0.25, -0.2) is 0 Å². The summed E-state index contributed by atoms with van der Waals surface area (Å²) in [5.41, 5.74) is 2.74. The quantitative estimate of drug-likeness (QED) is 0.543. The second kappa shape index (κ2) is 8.92. The Bertz CT molecular complexity index is 1000. The van der Waals surface area contributed by atoms with Crippen molar-refractivity contribution in [3.05, 3.63) is 54.6 Å². The highest BCUT2D eigenvalue weighted by atomic mass is 16.5. The SMILES string of the molecule is CC(C)C(C)(C)C(=O)OCC(O)COc1ccc2cc(-c3ccccc3)n(C)c2c1. The van der Waals surface area contributed by atoms with E-state index < -0.39 is 11.5 Å². The van der Waals surface area contributed by atoms with Crippen LogP contribution >= 0.6 is 0 Å². The molecule has 0 spiro atoms. The van der Waals surface area contributed by atoms with E-state index in [-0.39, 0.29) is 25.1 Å². The predicted molar refractivity (Wildman–Crippen MR) is 119 cm³/mol. The lowest BCUT2D eigenvalue weighted by Crippen LogP contribution is -2.35. The molecule has 0 radical (unpaired) electrons. The minimum Gasteiger partial charge on any atom is -0.491 e. The fraction of sp³-hybridized carbons (Fsp3) is 0.400. The van der Waals surface area contributed by atoms with Crippen LogP contribution in [0.4, 0.5) is 0 Å². The minimum absolute atomic E-state index is 0.0524. The smallest absolute Gasteiger partial charge is 0.311 e. The second-order valence-electron chi connectivity index (χ2n) is 8.61. The lowest BCUT2D eigenvalue weighted by molar-refractivity contribution is -0.160. The normalized spacial score (nSPS) is 12.9. The Kier molecular flexibility index (Phi) is 6.52. The average molecular weight is 410 g/mol. The molecule has 1 N–H and O–H groups in total. The van der Waals surface area contributed by atoms with Gasteiger partial charge < -0.3 is 19.1 Å². The number of ether oxygens (including phenoxy) is 2. The number of carbonyl (C=O) groups is 1. The van der Waals surface area contributed by atoms with Crippen molar-refractivity contribution in [2.75, 3.05) is 13.2 Å². The molecule has 30 heavy (non-hydrogen) atoms. The van der Waals surface area contributed by atoms with Crippen LogP contribution in [0.5, 0.6) is 5.75 Å². The van der Waals surface area contributed by atoms with E-state index in [1.54, 1.807) is 0 Å². The topological polar surface area (TPSA) is 60.7 Å². The molecule has 160 valence electrons. The van der Waals surface area contributed by atoms with Gasteiger partial charge in [-0.05, 0) is 43.5 Å². The van der Waals surface area contributed by atoms with Crippen LogP contribution < -0.4 is 4.74 Å². The van der Waals surface area contributed by atoms with Gasteiger partial charge in [0.15, 0.2) is 0 Å². The molecule has 0 bridgehead atoms. The lowest BCUT2D eigenvalue weighted by Gasteiger charge is -2.27. The molecule has 5 heteroatoms. The fourth-order valence-electron chi connectivity index (χ4n) is 3.12. The van der Waals surface area contributed by atoms with E-state index in [1.807, 2.05) is 71.1 Å². The zero-order valence-corrected chi connectivity index (χ0v) is 18.4. The van der Waals surface area contributed by atoms with E-state index in [9.17, 15) is 9.90 Å². The molecule has 1 aromatic heterocycles. The van der Waals surface area contributed by atoms with Crippen LogP contribution in [0.1, 0.15) is 27.7 Å². The van der Waals surface area contributed by atoms with Crippen molar-refractivity contribution in [1.82, 2.24) is 4.57 Å². The van der Waals surface area contributed by atoms with Crippen LogP contribution in [0, 0.1) is 11.3 Å². The van der Waals surface area contributed by atoms with Gasteiger partial charge in [-0.15, -0.1) is 0 Å². The maximum atomic E-state index is 12.2. The van der Waals surface area contributed by atoms with Gasteiger partial charge in [0.2, 0.25) is 0 Å². The Morgan fingerprint density at radius 2 is 1.77 bits per heavy atom. The number of aliphatic hydroxyl groups is 1. The summed E-state index contributed by atoms with van der Waals surface area (Å²) >= 11 is 0. The number of rotatable bonds is 8. The average Bonchev–Trinajstić information content (AvgIpc) is 3.07. The van der Waals surface area contributed by atoms with E-state index in [0.29, 0.717) is 5.75 Å². The van der Waals surface area contributed by atoms with E-state index >= 15 is 0 Å². The first-order valence-electron chi connectivity index (χ1n) is 10.3. The van der Waals surface area contributed by atoms with Crippen LogP contribution in [-0.2, 0) is 16.6 Å². The zero-order valence-electron chi connectivity index (χ0n) is 18.4. The molecule has 0 saturated heterocycles. The summed E-state index contributed by atoms with van der Waals surface area (Å²) < 4.78 is 13.2. The summed E-state index contributed by atoms with van der Waals surface area (Å²) in [6, 6.07) is 18.2. The number of nitrogens with zero attached hydrogens (tertiary/aromatic N) is 1. The Balaban J connectivity index is 1.63. The summed E-state index contributed by atoms with van der Waals surface area (Å²) in [7, 11) is 2.03. The molecule has 1 heterocycles. The summed E-state index contributed by atoms with van der Waals surface area (Å²) in [5, 5.41) is 11.3. The minimum atomic E-state index is -0.888. The highest BCUT2D eigenvalue weighted by molar-refractivity contribution is 5.88. The zero-order chi connectivity index (χ0) is 21.9. The van der Waals surface area contributed by atoms with E-state index in [2.05, 4.69) is 22.8 Å². The first-order chi connectivity index (χ1) is 14.2. The van der Waals surface area contributed by atoms with Gasteiger partial charge in [0.25, 0.3) is 0 Å². The van der Waals surface area contributed by atoms with Crippen molar-refractivity contribution in [2.24, 2.45) is 18.4 Å². The maximum Gasteiger partial charge on any atom is 0.311 e. The highest BCUT2D eigenvalue weighted by Gasteiger charge is 2.33. The van der Waals surface area contributed by atoms with E-state index in [1.165, 1.54) is 0 Å². The van der Waals surface area contributed by atoms with Crippen molar-refractivity contribution in [3.63, 3.8) is 0 Å². The van der Waals surface area contributed by atoms with Gasteiger partial charge in [0.1, 0.15) is 25.1 Å². The van der Waals surface area contributed by atoms with Crippen molar-refractivity contribution < 1.29 is 19.4 Å². The van der Waals surface area contributed by atoms with Crippen molar-refractivity contribution in [1.29, 1.82) is 0 Å². The van der Waals surface area contributed by atoms with Crippen LogP contribution in [0.15, 0.2) is 54.6 Å². The maximum absolute atomic E-state index is 12.2. The van der Waals surface area contributed by atoms with Crippen molar-refractivity contribution in [2.45, 2.75) is 33.8 Å². The Hall–Kier alpha value is -2.79. The first-order valence-corrected chi connectivity index (χ1v) is 10.3. The molecule has 0 saturated carbocycles. The summed E-state index contributed by atoms with van der Waals surface area (Å²) in [4.78, 5) is 12.2. The summed E-state index contributed by atoms with van der Waals surface area (Å²) in [6.07, 6.45) is -0.888. The van der Waals surface area contributed by atoms with Gasteiger partial charge in [0.05, 0.1) is 10.9 Å². The third kappa shape index (κ3) is 4.68. The Morgan fingerprint density at radius 3 is 2.43 bits per heavy atom. The van der Waals surface area contributed by atoms with Gasteiger partial charge >= 0.3 is 5.97 Å². The molecule has 3 aromatic rings. The molecule has 0 aliphatic rings. The number of benzene rings is 2. The van der Waals surface area contributed by atoms with Crippen LogP contribution in [0.3, 0.4) is 0 Å². The monoisotopic (exact) mass is 409 g/mol. The summed E-state index contributed by atoms with van der Waals surface area (Å²) in [5.74, 6) is 0.502. The van der Waals surface area contributed by atoms with Crippen LogP contribution in [0.25, 0.3) is 22.2 Å². The third-order valence-electron chi connectivity index (χ3n) is 5.91. The molecule has 1 unspecified atom stereocenters. The largest absolute Gasteiger partial charge is 0.491 e. The molecule has 0 aliphatic heterocycles. The van der Waals surface area contributed by atoms with Gasteiger partial charge in [0, 0.05) is 24.2 Å². The van der Waals surface area contributed by atoms with Gasteiger partial charge in [-0.2, -0.15) is 0 Å². The van der Waals surface area contributed by atoms with E-state index in [0.717, 1.165) is 22.2 Å². The third-order valence-corrected chi connectivity index (χ3v) is 5.91. The van der Waals surface area contributed by atoms with Crippen molar-refractivity contribution in [3.8, 4) is 17.0 Å². The second-order valence-corrected chi connectivity index (χ2v) is 8.61. The molecule has 1 atom stereocenters. The highest BCUT2D eigenvalue weighted by Crippen LogP contribution is 2.30. The molecule has 3 rings (SSSR count).